The molecule has 2 aliphatic heterocycles. The Bertz CT molecular complexity index is 631. The van der Waals surface area contributed by atoms with Crippen LogP contribution < -0.4 is 4.74 Å². The van der Waals surface area contributed by atoms with Crippen LogP contribution in [0.2, 0.25) is 0 Å². The van der Waals surface area contributed by atoms with Gasteiger partial charge >= 0.3 is 5.97 Å². The van der Waals surface area contributed by atoms with Gasteiger partial charge in [0.25, 0.3) is 5.91 Å². The monoisotopic (exact) mass is 349 g/mol. The fourth-order valence-corrected chi connectivity index (χ4v) is 3.57. The molecule has 1 amide bonds. The average molecular weight is 349 g/mol. The third-order valence-corrected chi connectivity index (χ3v) is 5.08. The molecule has 1 N–H and O–H groups in total. The average Bonchev–Trinajstić information content (AvgIpc) is 3.03. The fraction of sp³-hybridized carbons (Fsp3) is 0.556. The Hall–Kier alpha value is -2.12. The van der Waals surface area contributed by atoms with Crippen LogP contribution in [-0.2, 0) is 14.3 Å². The summed E-state index contributed by atoms with van der Waals surface area (Å²) >= 11 is 0. The summed E-state index contributed by atoms with van der Waals surface area (Å²) in [4.78, 5) is 26.2. The first-order chi connectivity index (χ1) is 12.1. The van der Waals surface area contributed by atoms with Gasteiger partial charge in [0.05, 0.1) is 18.6 Å². The Balaban J connectivity index is 1.68. The normalized spacial score (nSPS) is 25.5. The quantitative estimate of drug-likeness (QED) is 0.779. The van der Waals surface area contributed by atoms with Crippen LogP contribution in [0.25, 0.3) is 0 Å². The number of ether oxygens (including phenoxy) is 3. The van der Waals surface area contributed by atoms with Crippen LogP contribution in [0.15, 0.2) is 24.3 Å². The number of rotatable bonds is 6. The summed E-state index contributed by atoms with van der Waals surface area (Å²) in [7, 11) is 1.60. The number of methoxy groups -OCH3 is 1. The molecular formula is C18H23NO6. The van der Waals surface area contributed by atoms with E-state index >= 15 is 0 Å². The highest BCUT2D eigenvalue weighted by molar-refractivity contribution is 5.95. The van der Waals surface area contributed by atoms with E-state index < -0.39 is 11.4 Å². The second-order valence-corrected chi connectivity index (χ2v) is 6.53. The first kappa shape index (κ1) is 17.7. The number of hydrogen-bond donors (Lipinski definition) is 1. The minimum Gasteiger partial charge on any atom is -0.491 e. The number of aliphatic carboxylic acids is 1. The van der Waals surface area contributed by atoms with Crippen molar-refractivity contribution in [1.82, 2.24) is 4.90 Å². The number of nitrogens with zero attached hydrogens (tertiary/aromatic N) is 1. The molecule has 7 heteroatoms. The van der Waals surface area contributed by atoms with E-state index in [2.05, 4.69) is 0 Å². The van der Waals surface area contributed by atoms with Gasteiger partial charge < -0.3 is 24.2 Å². The molecule has 0 radical (unpaired) electrons. The third-order valence-electron chi connectivity index (χ3n) is 5.08. The number of carboxylic acid groups (broad SMARTS) is 1. The number of carbonyl (C=O) groups excluding carboxylic acids is 1. The maximum absolute atomic E-state index is 12.8. The summed E-state index contributed by atoms with van der Waals surface area (Å²) < 4.78 is 15.8. The predicted molar refractivity (Wildman–Crippen MR) is 88.7 cm³/mol. The lowest BCUT2D eigenvalue weighted by molar-refractivity contribution is -0.157. The minimum absolute atomic E-state index is 0.153. The molecule has 136 valence electrons. The summed E-state index contributed by atoms with van der Waals surface area (Å²) in [6.45, 7) is 2.41. The van der Waals surface area contributed by atoms with E-state index in [0.717, 1.165) is 0 Å². The highest BCUT2D eigenvalue weighted by atomic mass is 16.5. The zero-order valence-corrected chi connectivity index (χ0v) is 14.3. The second-order valence-electron chi connectivity index (χ2n) is 6.53. The van der Waals surface area contributed by atoms with E-state index in [1.165, 1.54) is 0 Å². The number of likely N-dealkylation sites (tertiary alicyclic amines) is 1. The van der Waals surface area contributed by atoms with Gasteiger partial charge in [-0.25, -0.2) is 0 Å². The van der Waals surface area contributed by atoms with Crippen LogP contribution in [0, 0.1) is 11.3 Å². The Kier molecular flexibility index (Phi) is 5.24. The third kappa shape index (κ3) is 3.48. The van der Waals surface area contributed by atoms with E-state index in [1.54, 1.807) is 36.3 Å². The molecule has 2 fully saturated rings. The topological polar surface area (TPSA) is 85.3 Å². The molecule has 0 aliphatic carbocycles. The van der Waals surface area contributed by atoms with Crippen LogP contribution in [0.3, 0.4) is 0 Å². The van der Waals surface area contributed by atoms with Gasteiger partial charge in [-0.05, 0) is 30.7 Å². The molecule has 3 rings (SSSR count). The molecule has 0 spiro atoms. The van der Waals surface area contributed by atoms with Gasteiger partial charge in [-0.2, -0.15) is 0 Å². The van der Waals surface area contributed by atoms with Crippen molar-refractivity contribution in [1.29, 1.82) is 0 Å². The number of carboxylic acids is 1. The lowest BCUT2D eigenvalue weighted by Crippen LogP contribution is -2.45. The molecule has 25 heavy (non-hydrogen) atoms. The summed E-state index contributed by atoms with van der Waals surface area (Å²) in [5.74, 6) is -0.477. The van der Waals surface area contributed by atoms with Gasteiger partial charge in [-0.1, -0.05) is 0 Å². The molecule has 7 nitrogen and oxygen atoms in total. The predicted octanol–water partition coefficient (Wildman–Crippen LogP) is 1.28. The zero-order chi connectivity index (χ0) is 17.9. The van der Waals surface area contributed by atoms with E-state index in [0.29, 0.717) is 50.7 Å². The van der Waals surface area contributed by atoms with Crippen LogP contribution >= 0.6 is 0 Å². The lowest BCUT2D eigenvalue weighted by Gasteiger charge is -2.33. The standard InChI is InChI=1S/C18H23NO6/c1-23-8-9-25-15-4-2-13(3-5-15)16(20)19-10-14-11-24-7-6-18(14,12-19)17(21)22/h2-5,14H,6-12H2,1H3,(H,21,22)/t14-,18+/m0/s1. The summed E-state index contributed by atoms with van der Waals surface area (Å²) in [6, 6.07) is 6.89. The van der Waals surface area contributed by atoms with Crippen LogP contribution in [0.4, 0.5) is 0 Å². The molecule has 2 aliphatic rings. The van der Waals surface area contributed by atoms with Gasteiger partial charge in [-0.3, -0.25) is 9.59 Å². The fourth-order valence-electron chi connectivity index (χ4n) is 3.57. The van der Waals surface area contributed by atoms with Gasteiger partial charge in [0, 0.05) is 38.3 Å². The van der Waals surface area contributed by atoms with Gasteiger partial charge in [0.15, 0.2) is 0 Å². The Labute approximate surface area is 146 Å². The molecule has 0 saturated carbocycles. The van der Waals surface area contributed by atoms with Crippen molar-refractivity contribution in [3.8, 4) is 5.75 Å². The molecule has 0 aromatic heterocycles. The van der Waals surface area contributed by atoms with E-state index in [4.69, 9.17) is 14.2 Å². The summed E-state index contributed by atoms with van der Waals surface area (Å²) in [5.41, 5.74) is -0.351. The smallest absolute Gasteiger partial charge is 0.311 e. The maximum atomic E-state index is 12.8. The van der Waals surface area contributed by atoms with Crippen molar-refractivity contribution in [2.45, 2.75) is 6.42 Å². The number of hydrogen-bond acceptors (Lipinski definition) is 5. The molecule has 0 unspecified atom stereocenters. The Morgan fingerprint density at radius 3 is 2.72 bits per heavy atom. The van der Waals surface area contributed by atoms with E-state index in [9.17, 15) is 14.7 Å². The first-order valence-electron chi connectivity index (χ1n) is 8.39. The van der Waals surface area contributed by atoms with Crippen LogP contribution in [-0.4, -0.2) is 68.5 Å². The van der Waals surface area contributed by atoms with Crippen molar-refractivity contribution in [3.05, 3.63) is 29.8 Å². The zero-order valence-electron chi connectivity index (χ0n) is 14.3. The van der Waals surface area contributed by atoms with Crippen molar-refractivity contribution >= 4 is 11.9 Å². The highest BCUT2D eigenvalue weighted by Crippen LogP contribution is 2.42. The van der Waals surface area contributed by atoms with Crippen molar-refractivity contribution < 1.29 is 28.9 Å². The van der Waals surface area contributed by atoms with Crippen LogP contribution in [0.1, 0.15) is 16.8 Å². The van der Waals surface area contributed by atoms with Crippen LogP contribution in [0.5, 0.6) is 5.75 Å². The van der Waals surface area contributed by atoms with Crippen molar-refractivity contribution in [3.63, 3.8) is 0 Å². The molecule has 2 saturated heterocycles. The molecule has 0 bridgehead atoms. The van der Waals surface area contributed by atoms with E-state index in [-0.39, 0.29) is 18.4 Å². The largest absolute Gasteiger partial charge is 0.491 e. The minimum atomic E-state index is -0.878. The molecule has 1 aromatic rings. The molecule has 2 atom stereocenters. The number of fused-ring (bicyclic) bond motifs is 1. The summed E-state index contributed by atoms with van der Waals surface area (Å²) in [6.07, 6.45) is 0.447. The molecule has 1 aromatic carbocycles. The SMILES string of the molecule is COCCOc1ccc(C(=O)N2C[C@H]3COCC[C@@]3(C(=O)O)C2)cc1. The lowest BCUT2D eigenvalue weighted by atomic mass is 9.74. The molecular weight excluding hydrogens is 326 g/mol. The van der Waals surface area contributed by atoms with Gasteiger partial charge in [-0.15, -0.1) is 0 Å². The van der Waals surface area contributed by atoms with E-state index in [1.807, 2.05) is 0 Å². The van der Waals surface area contributed by atoms with Crippen molar-refractivity contribution in [2.75, 3.05) is 46.6 Å². The second kappa shape index (κ2) is 7.41. The Morgan fingerprint density at radius 1 is 1.32 bits per heavy atom. The molecule has 2 heterocycles. The maximum Gasteiger partial charge on any atom is 0.311 e. The number of carbonyl (C=O) groups is 2. The number of amides is 1. The van der Waals surface area contributed by atoms with Crippen molar-refractivity contribution in [2.24, 2.45) is 11.3 Å². The summed E-state index contributed by atoms with van der Waals surface area (Å²) in [5, 5.41) is 9.69. The highest BCUT2D eigenvalue weighted by Gasteiger charge is 2.54. The van der Waals surface area contributed by atoms with Gasteiger partial charge in [0.1, 0.15) is 12.4 Å². The Morgan fingerprint density at radius 2 is 2.08 bits per heavy atom. The van der Waals surface area contributed by atoms with Gasteiger partial charge in [0.2, 0.25) is 0 Å². The number of benzene rings is 1. The first-order valence-corrected chi connectivity index (χ1v) is 8.39.